The molecule has 2 nitrogen and oxygen atoms in total. The Balaban J connectivity index is 2.11. The minimum absolute atomic E-state index is 0.138. The van der Waals surface area contributed by atoms with Gasteiger partial charge in [0.15, 0.2) is 5.78 Å². The fourth-order valence-electron chi connectivity index (χ4n) is 2.33. The van der Waals surface area contributed by atoms with Gasteiger partial charge in [-0.1, -0.05) is 6.92 Å². The van der Waals surface area contributed by atoms with E-state index in [-0.39, 0.29) is 5.78 Å². The molecule has 86 valence electrons. The summed E-state index contributed by atoms with van der Waals surface area (Å²) in [4.78, 5) is 13.6. The number of benzene rings is 1. The van der Waals surface area contributed by atoms with Crippen molar-refractivity contribution in [3.05, 3.63) is 29.8 Å². The predicted octanol–water partition coefficient (Wildman–Crippen LogP) is 3.13. The van der Waals surface area contributed by atoms with E-state index in [9.17, 15) is 4.79 Å². The van der Waals surface area contributed by atoms with Crippen molar-refractivity contribution in [3.63, 3.8) is 0 Å². The van der Waals surface area contributed by atoms with E-state index in [1.165, 1.54) is 18.5 Å². The smallest absolute Gasteiger partial charge is 0.159 e. The number of hydrogen-bond donors (Lipinski definition) is 0. The summed E-state index contributed by atoms with van der Waals surface area (Å²) in [5.74, 6) is 0.916. The highest BCUT2D eigenvalue weighted by molar-refractivity contribution is 5.94. The topological polar surface area (TPSA) is 20.3 Å². The van der Waals surface area contributed by atoms with Crippen LogP contribution in [0.5, 0.6) is 0 Å². The summed E-state index contributed by atoms with van der Waals surface area (Å²) in [5.41, 5.74) is 2.05. The quantitative estimate of drug-likeness (QED) is 0.709. The lowest BCUT2D eigenvalue weighted by Gasteiger charge is -2.32. The van der Waals surface area contributed by atoms with Crippen LogP contribution < -0.4 is 4.90 Å². The Kier molecular flexibility index (Phi) is 3.28. The van der Waals surface area contributed by atoms with Crippen LogP contribution in [0.1, 0.15) is 37.0 Å². The molecule has 0 spiro atoms. The van der Waals surface area contributed by atoms with E-state index in [4.69, 9.17) is 0 Å². The van der Waals surface area contributed by atoms with E-state index in [2.05, 4.69) is 24.0 Å². The number of anilines is 1. The van der Waals surface area contributed by atoms with Gasteiger partial charge in [0.25, 0.3) is 0 Å². The van der Waals surface area contributed by atoms with Gasteiger partial charge in [-0.15, -0.1) is 0 Å². The van der Waals surface area contributed by atoms with Crippen molar-refractivity contribution in [3.8, 4) is 0 Å². The molecule has 1 atom stereocenters. The zero-order valence-electron chi connectivity index (χ0n) is 10.1. The molecule has 1 aromatic rings. The number of carbonyl (C=O) groups is 1. The van der Waals surface area contributed by atoms with Crippen molar-refractivity contribution in [2.45, 2.75) is 26.7 Å². The largest absolute Gasteiger partial charge is 0.371 e. The Hall–Kier alpha value is -1.31. The normalized spacial score (nSPS) is 20.9. The van der Waals surface area contributed by atoms with E-state index in [0.717, 1.165) is 24.6 Å². The fourth-order valence-corrected chi connectivity index (χ4v) is 2.33. The van der Waals surface area contributed by atoms with Gasteiger partial charge >= 0.3 is 0 Å². The summed E-state index contributed by atoms with van der Waals surface area (Å²) in [5, 5.41) is 0. The molecule has 1 aliphatic rings. The van der Waals surface area contributed by atoms with Crippen molar-refractivity contribution in [1.29, 1.82) is 0 Å². The van der Waals surface area contributed by atoms with Crippen molar-refractivity contribution in [1.82, 2.24) is 0 Å². The summed E-state index contributed by atoms with van der Waals surface area (Å²) in [7, 11) is 0. The van der Waals surface area contributed by atoms with Crippen LogP contribution in [0.15, 0.2) is 24.3 Å². The van der Waals surface area contributed by atoms with Crippen molar-refractivity contribution >= 4 is 11.5 Å². The van der Waals surface area contributed by atoms with E-state index >= 15 is 0 Å². The third-order valence-electron chi connectivity index (χ3n) is 3.30. The van der Waals surface area contributed by atoms with Crippen LogP contribution in [0.25, 0.3) is 0 Å². The molecule has 0 bridgehead atoms. The number of hydrogen-bond acceptors (Lipinski definition) is 2. The van der Waals surface area contributed by atoms with Gasteiger partial charge in [0.2, 0.25) is 0 Å². The standard InChI is InChI=1S/C14H19NO/c1-11-4-3-9-15(10-11)14-7-5-13(6-8-14)12(2)16/h5-8,11H,3-4,9-10H2,1-2H3. The highest BCUT2D eigenvalue weighted by Gasteiger charge is 2.16. The van der Waals surface area contributed by atoms with Gasteiger partial charge in [-0.05, 0) is 49.9 Å². The van der Waals surface area contributed by atoms with Crippen LogP contribution in [-0.2, 0) is 0 Å². The Morgan fingerprint density at radius 3 is 2.56 bits per heavy atom. The molecule has 1 heterocycles. The first-order valence-corrected chi connectivity index (χ1v) is 6.03. The van der Waals surface area contributed by atoms with Gasteiger partial charge in [0.05, 0.1) is 0 Å². The molecule has 2 heteroatoms. The molecule has 0 aliphatic carbocycles. The average Bonchev–Trinajstić information content (AvgIpc) is 2.29. The van der Waals surface area contributed by atoms with Crippen LogP contribution >= 0.6 is 0 Å². The highest BCUT2D eigenvalue weighted by Crippen LogP contribution is 2.23. The summed E-state index contributed by atoms with van der Waals surface area (Å²) in [6.07, 6.45) is 2.61. The first kappa shape index (κ1) is 11.2. The van der Waals surface area contributed by atoms with Gasteiger partial charge in [0.1, 0.15) is 0 Å². The van der Waals surface area contributed by atoms with Gasteiger partial charge in [0, 0.05) is 24.3 Å². The van der Waals surface area contributed by atoms with Crippen LogP contribution in [0.4, 0.5) is 5.69 Å². The Morgan fingerprint density at radius 2 is 2.00 bits per heavy atom. The second kappa shape index (κ2) is 4.69. The number of piperidine rings is 1. The molecule has 0 radical (unpaired) electrons. The van der Waals surface area contributed by atoms with E-state index < -0.39 is 0 Å². The molecule has 0 N–H and O–H groups in total. The summed E-state index contributed by atoms with van der Waals surface area (Å²) in [6, 6.07) is 7.98. The zero-order valence-corrected chi connectivity index (χ0v) is 10.1. The Bertz CT molecular complexity index is 369. The first-order valence-electron chi connectivity index (χ1n) is 6.03. The van der Waals surface area contributed by atoms with E-state index in [1.807, 2.05) is 12.1 Å². The Morgan fingerprint density at radius 1 is 1.31 bits per heavy atom. The van der Waals surface area contributed by atoms with Gasteiger partial charge in [-0.2, -0.15) is 0 Å². The second-order valence-electron chi connectivity index (χ2n) is 4.80. The van der Waals surface area contributed by atoms with Crippen LogP contribution in [-0.4, -0.2) is 18.9 Å². The average molecular weight is 217 g/mol. The molecular weight excluding hydrogens is 198 g/mol. The number of carbonyl (C=O) groups excluding carboxylic acids is 1. The number of ketones is 1. The molecule has 1 aliphatic heterocycles. The zero-order chi connectivity index (χ0) is 11.5. The lowest BCUT2D eigenvalue weighted by Crippen LogP contribution is -2.34. The number of rotatable bonds is 2. The van der Waals surface area contributed by atoms with E-state index in [0.29, 0.717) is 0 Å². The third kappa shape index (κ3) is 2.43. The second-order valence-corrected chi connectivity index (χ2v) is 4.80. The fraction of sp³-hybridized carbons (Fsp3) is 0.500. The molecule has 1 fully saturated rings. The molecule has 1 saturated heterocycles. The lowest BCUT2D eigenvalue weighted by molar-refractivity contribution is 0.101. The van der Waals surface area contributed by atoms with Crippen molar-refractivity contribution in [2.75, 3.05) is 18.0 Å². The monoisotopic (exact) mass is 217 g/mol. The molecule has 1 unspecified atom stereocenters. The van der Waals surface area contributed by atoms with Crippen molar-refractivity contribution < 1.29 is 4.79 Å². The molecule has 0 amide bonds. The summed E-state index contributed by atoms with van der Waals surface area (Å²) in [6.45, 7) is 6.19. The summed E-state index contributed by atoms with van der Waals surface area (Å²) < 4.78 is 0. The summed E-state index contributed by atoms with van der Waals surface area (Å²) >= 11 is 0. The van der Waals surface area contributed by atoms with E-state index in [1.54, 1.807) is 6.92 Å². The van der Waals surface area contributed by atoms with Gasteiger partial charge in [-0.3, -0.25) is 4.79 Å². The minimum atomic E-state index is 0.138. The van der Waals surface area contributed by atoms with Gasteiger partial charge in [-0.25, -0.2) is 0 Å². The van der Waals surface area contributed by atoms with Gasteiger partial charge < -0.3 is 4.90 Å². The first-order chi connectivity index (χ1) is 7.66. The van der Waals surface area contributed by atoms with Crippen molar-refractivity contribution in [2.24, 2.45) is 5.92 Å². The molecule has 0 aromatic heterocycles. The number of nitrogens with zero attached hydrogens (tertiary/aromatic N) is 1. The maximum atomic E-state index is 11.2. The molecule has 0 saturated carbocycles. The minimum Gasteiger partial charge on any atom is -0.371 e. The molecule has 2 rings (SSSR count). The highest BCUT2D eigenvalue weighted by atomic mass is 16.1. The maximum absolute atomic E-state index is 11.2. The van der Waals surface area contributed by atoms with Crippen LogP contribution in [0, 0.1) is 5.92 Å². The number of Topliss-reactive ketones (excluding diaryl/α,β-unsaturated/α-hetero) is 1. The molecule has 16 heavy (non-hydrogen) atoms. The maximum Gasteiger partial charge on any atom is 0.159 e. The van der Waals surface area contributed by atoms with Crippen LogP contribution in [0.3, 0.4) is 0 Å². The third-order valence-corrected chi connectivity index (χ3v) is 3.30. The lowest BCUT2D eigenvalue weighted by atomic mass is 9.99. The SMILES string of the molecule is CC(=O)c1ccc(N2CCCC(C)C2)cc1. The predicted molar refractivity (Wildman–Crippen MR) is 67.1 cm³/mol. The molecular formula is C14H19NO. The molecule has 1 aromatic carbocycles. The van der Waals surface area contributed by atoms with Crippen LogP contribution in [0.2, 0.25) is 0 Å². The Labute approximate surface area is 97.3 Å².